The number of carbonyl (C=O) groups is 2. The zero-order chi connectivity index (χ0) is 48.7. The zero-order valence-corrected chi connectivity index (χ0v) is 40.4. The Morgan fingerprint density at radius 2 is 1.02 bits per heavy atom. The van der Waals surface area contributed by atoms with Crippen molar-refractivity contribution in [2.45, 2.75) is 198 Å². The molecule has 9 atom stereocenters. The maximum absolute atomic E-state index is 12.8. The van der Waals surface area contributed by atoms with E-state index in [1.54, 1.807) is 6.08 Å². The number of rotatable bonds is 38. The average molecular weight is 951 g/mol. The molecule has 0 aromatic carbocycles. The number of phosphoric ester groups is 1. The fraction of sp³-hybridized carbons (Fsp3) is 0.647. The fourth-order valence-corrected chi connectivity index (χ4v) is 7.49. The van der Waals surface area contributed by atoms with Crippen LogP contribution in [0.2, 0.25) is 0 Å². The van der Waals surface area contributed by atoms with E-state index in [0.717, 1.165) is 51.4 Å². The van der Waals surface area contributed by atoms with Gasteiger partial charge in [-0.2, -0.15) is 0 Å². The minimum absolute atomic E-state index is 0.0293. The van der Waals surface area contributed by atoms with Gasteiger partial charge in [0.2, 0.25) is 0 Å². The van der Waals surface area contributed by atoms with Gasteiger partial charge in [-0.1, -0.05) is 143 Å². The molecule has 0 spiro atoms. The molecule has 0 amide bonds. The lowest BCUT2D eigenvalue weighted by molar-refractivity contribution is -0.220. The van der Waals surface area contributed by atoms with E-state index in [2.05, 4.69) is 68.5 Å². The molecule has 1 rings (SSSR count). The van der Waals surface area contributed by atoms with Crippen molar-refractivity contribution in [2.24, 2.45) is 0 Å². The number of phosphoric acid groups is 1. The van der Waals surface area contributed by atoms with Gasteiger partial charge in [-0.15, -0.1) is 0 Å². The largest absolute Gasteiger partial charge is 0.472 e. The monoisotopic (exact) mass is 951 g/mol. The fourth-order valence-electron chi connectivity index (χ4n) is 6.52. The quantitative estimate of drug-likeness (QED) is 0.0101. The first-order chi connectivity index (χ1) is 31.8. The van der Waals surface area contributed by atoms with Crippen LogP contribution in [0.4, 0.5) is 0 Å². The number of unbranched alkanes of at least 4 members (excludes halogenated alkanes) is 10. The van der Waals surface area contributed by atoms with Crippen molar-refractivity contribution in [3.8, 4) is 0 Å². The van der Waals surface area contributed by atoms with Crippen LogP contribution >= 0.6 is 7.82 Å². The van der Waals surface area contributed by atoms with Gasteiger partial charge in [0.1, 0.15) is 43.2 Å². The van der Waals surface area contributed by atoms with E-state index in [1.807, 2.05) is 36.5 Å². The van der Waals surface area contributed by atoms with Crippen molar-refractivity contribution >= 4 is 19.8 Å². The summed E-state index contributed by atoms with van der Waals surface area (Å²) in [5.74, 6) is -1.25. The van der Waals surface area contributed by atoms with Crippen molar-refractivity contribution in [1.29, 1.82) is 0 Å². The molecule has 15 heteroatoms. The summed E-state index contributed by atoms with van der Waals surface area (Å²) in [5, 5.41) is 60.2. The smallest absolute Gasteiger partial charge is 0.462 e. The van der Waals surface area contributed by atoms with Crippen molar-refractivity contribution in [1.82, 2.24) is 0 Å². The Bertz CT molecular complexity index is 1540. The van der Waals surface area contributed by atoms with Crippen LogP contribution in [-0.4, -0.2) is 110 Å². The van der Waals surface area contributed by atoms with Gasteiger partial charge >= 0.3 is 19.8 Å². The summed E-state index contributed by atoms with van der Waals surface area (Å²) in [7, 11) is -5.16. The number of hydrogen-bond acceptors (Lipinski definition) is 13. The van der Waals surface area contributed by atoms with Crippen molar-refractivity contribution < 1.29 is 68.2 Å². The van der Waals surface area contributed by atoms with Gasteiger partial charge in [0.15, 0.2) is 6.10 Å². The molecule has 0 bridgehead atoms. The highest BCUT2D eigenvalue weighted by atomic mass is 31.2. The number of aliphatic hydroxyl groups is 6. The Hall–Kier alpha value is -3.27. The minimum atomic E-state index is -5.16. The zero-order valence-electron chi connectivity index (χ0n) is 39.6. The third kappa shape index (κ3) is 31.7. The van der Waals surface area contributed by atoms with Gasteiger partial charge in [-0.05, 0) is 89.9 Å². The first-order valence-electron chi connectivity index (χ1n) is 24.1. The Balaban J connectivity index is 2.55. The molecule has 0 aromatic rings. The van der Waals surface area contributed by atoms with E-state index in [9.17, 15) is 49.7 Å². The number of carbonyl (C=O) groups excluding carboxylic acids is 2. The highest BCUT2D eigenvalue weighted by Gasteiger charge is 2.51. The molecule has 1 fully saturated rings. The molecule has 1 aliphatic carbocycles. The minimum Gasteiger partial charge on any atom is -0.462 e. The normalized spacial score (nSPS) is 22.6. The lowest BCUT2D eigenvalue weighted by atomic mass is 9.85. The average Bonchev–Trinajstić information content (AvgIpc) is 3.29. The van der Waals surface area contributed by atoms with E-state index in [-0.39, 0.29) is 12.8 Å². The van der Waals surface area contributed by atoms with Gasteiger partial charge in [-0.25, -0.2) is 4.57 Å². The summed E-state index contributed by atoms with van der Waals surface area (Å²) < 4.78 is 33.4. The standard InChI is InChI=1S/C51H83O14P/c1-3-5-7-9-11-12-13-14-15-16-17-18-19-20-21-22-27-31-35-39-45(54)64-43(41-63-66(60,61)65-51-49(58)47(56)46(55)48(57)50(51)59)40-62-44(53)38-34-30-26-24-23-25-29-33-37-42(52)36-32-28-10-8-6-4-2/h11-12,14-15,17-18,20-21,24-26,28-29,32-33,37,42-43,46-52,55-59H,3-10,13,16,19,22-23,27,30-31,34-36,38-41H2,1-2H3,(H,60,61)/b12-11-,15-14-,18-17-,21-20-,26-24-,29-25-,32-28-,37-33+/t42-,43-,46?,47-,48+,49-,50-,51?/m1/s1. The van der Waals surface area contributed by atoms with Crippen LogP contribution in [0.3, 0.4) is 0 Å². The van der Waals surface area contributed by atoms with Gasteiger partial charge in [0.05, 0.1) is 12.7 Å². The summed E-state index contributed by atoms with van der Waals surface area (Å²) in [5.41, 5.74) is 0. The van der Waals surface area contributed by atoms with E-state index in [4.69, 9.17) is 18.5 Å². The number of allylic oxidation sites excluding steroid dienone is 14. The highest BCUT2D eigenvalue weighted by molar-refractivity contribution is 7.47. The van der Waals surface area contributed by atoms with Crippen LogP contribution < -0.4 is 0 Å². The van der Waals surface area contributed by atoms with Gasteiger partial charge in [0, 0.05) is 12.8 Å². The number of esters is 2. The lowest BCUT2D eigenvalue weighted by Crippen LogP contribution is -2.64. The molecule has 14 nitrogen and oxygen atoms in total. The summed E-state index contributed by atoms with van der Waals surface area (Å²) in [6.45, 7) is 3.08. The van der Waals surface area contributed by atoms with E-state index >= 15 is 0 Å². The summed E-state index contributed by atoms with van der Waals surface area (Å²) in [4.78, 5) is 35.7. The summed E-state index contributed by atoms with van der Waals surface area (Å²) in [6.07, 6.45) is 36.2. The molecule has 376 valence electrons. The lowest BCUT2D eigenvalue weighted by Gasteiger charge is -2.41. The Labute approximate surface area is 394 Å². The third-order valence-corrected chi connectivity index (χ3v) is 11.5. The third-order valence-electron chi connectivity index (χ3n) is 10.5. The summed E-state index contributed by atoms with van der Waals surface area (Å²) in [6, 6.07) is 0. The van der Waals surface area contributed by atoms with Crippen molar-refractivity contribution in [3.05, 3.63) is 97.2 Å². The Morgan fingerprint density at radius 3 is 1.58 bits per heavy atom. The second-order valence-electron chi connectivity index (χ2n) is 16.5. The van der Waals surface area contributed by atoms with Gasteiger partial charge in [0.25, 0.3) is 0 Å². The second-order valence-corrected chi connectivity index (χ2v) is 17.9. The Kier molecular flexibility index (Phi) is 36.5. The number of ether oxygens (including phenoxy) is 2. The van der Waals surface area contributed by atoms with Crippen molar-refractivity contribution in [2.75, 3.05) is 13.2 Å². The predicted molar refractivity (Wildman–Crippen MR) is 259 cm³/mol. The van der Waals surface area contributed by atoms with E-state index in [0.29, 0.717) is 32.1 Å². The van der Waals surface area contributed by atoms with Crippen LogP contribution in [-0.2, 0) is 32.7 Å². The molecule has 0 aliphatic heterocycles. The van der Waals surface area contributed by atoms with E-state index < -0.39 is 81.8 Å². The maximum Gasteiger partial charge on any atom is 0.472 e. The van der Waals surface area contributed by atoms with E-state index in [1.165, 1.54) is 38.5 Å². The molecule has 66 heavy (non-hydrogen) atoms. The van der Waals surface area contributed by atoms with Crippen LogP contribution in [0.25, 0.3) is 0 Å². The van der Waals surface area contributed by atoms with Crippen LogP contribution in [0.15, 0.2) is 97.2 Å². The summed E-state index contributed by atoms with van der Waals surface area (Å²) >= 11 is 0. The molecule has 0 saturated heterocycles. The molecule has 7 N–H and O–H groups in total. The topological polar surface area (TPSA) is 230 Å². The first-order valence-corrected chi connectivity index (χ1v) is 25.6. The predicted octanol–water partition coefficient (Wildman–Crippen LogP) is 8.80. The molecule has 1 saturated carbocycles. The molecule has 0 radical (unpaired) electrons. The highest BCUT2D eigenvalue weighted by Crippen LogP contribution is 2.47. The second kappa shape index (κ2) is 39.7. The number of aliphatic hydroxyl groups excluding tert-OH is 6. The van der Waals surface area contributed by atoms with Crippen LogP contribution in [0, 0.1) is 0 Å². The van der Waals surface area contributed by atoms with Crippen molar-refractivity contribution in [3.63, 3.8) is 0 Å². The van der Waals surface area contributed by atoms with Crippen LogP contribution in [0.1, 0.15) is 149 Å². The molecule has 1 aliphatic rings. The Morgan fingerprint density at radius 1 is 0.545 bits per heavy atom. The first kappa shape index (κ1) is 60.7. The van der Waals surface area contributed by atoms with Gasteiger partial charge in [-0.3, -0.25) is 18.6 Å². The van der Waals surface area contributed by atoms with Crippen LogP contribution in [0.5, 0.6) is 0 Å². The SMILES string of the molecule is CCCCC/C=C\C/C=C\C/C=C\C/C=C\CCCCCC(=O)O[C@H](COC(=O)CCC/C=C\C/C=C\C=C\[C@H](O)C/C=C\CCCCC)COP(=O)(O)OC1[C@H](O)[C@H](O)C(O)[C@H](O)[C@H]1O. The number of hydrogen-bond donors (Lipinski definition) is 7. The molecule has 0 heterocycles. The molecule has 3 unspecified atom stereocenters. The molecule has 0 aromatic heterocycles. The molecular formula is C51H83O14P. The maximum atomic E-state index is 12.8. The van der Waals surface area contributed by atoms with Gasteiger partial charge < -0.3 is 45.0 Å². The molecular weight excluding hydrogens is 868 g/mol.